The average molecular weight is 297 g/mol. The van der Waals surface area contributed by atoms with Crippen molar-refractivity contribution in [2.75, 3.05) is 53.0 Å². The second-order valence-electron chi connectivity index (χ2n) is 7.59. The topological polar surface area (TPSA) is 41.7 Å². The van der Waals surface area contributed by atoms with Gasteiger partial charge >= 0.3 is 0 Å². The lowest BCUT2D eigenvalue weighted by atomic mass is 9.84. The summed E-state index contributed by atoms with van der Waals surface area (Å²) in [5, 5.41) is 0. The van der Waals surface area contributed by atoms with E-state index in [9.17, 15) is 0 Å². The Morgan fingerprint density at radius 3 is 2.57 bits per heavy atom. The first-order chi connectivity index (χ1) is 10.1. The molecule has 0 saturated carbocycles. The molecular formula is C17H35N3O. The molecule has 2 fully saturated rings. The molecule has 2 aliphatic heterocycles. The molecule has 2 heterocycles. The number of likely N-dealkylation sites (tertiary alicyclic amines) is 1. The maximum atomic E-state index is 6.20. The third kappa shape index (κ3) is 4.65. The standard InChI is InChI=1S/C17H35N3O/c1-15(2)11-20-8-6-17(14-18,7-9-20)19(3)12-16-5-4-10-21-13-16/h15-16H,4-14,18H2,1-3H3. The molecule has 0 aromatic rings. The maximum absolute atomic E-state index is 6.20. The highest BCUT2D eigenvalue weighted by Crippen LogP contribution is 2.29. The summed E-state index contributed by atoms with van der Waals surface area (Å²) in [6.45, 7) is 12.0. The zero-order valence-corrected chi connectivity index (χ0v) is 14.3. The molecule has 0 aromatic heterocycles. The highest BCUT2D eigenvalue weighted by atomic mass is 16.5. The first-order valence-corrected chi connectivity index (χ1v) is 8.77. The third-order valence-corrected chi connectivity index (χ3v) is 5.39. The van der Waals surface area contributed by atoms with Gasteiger partial charge in [0.05, 0.1) is 6.61 Å². The molecule has 4 nitrogen and oxygen atoms in total. The van der Waals surface area contributed by atoms with Crippen LogP contribution in [-0.2, 0) is 4.74 Å². The fourth-order valence-electron chi connectivity index (χ4n) is 3.94. The molecule has 0 aliphatic carbocycles. The zero-order valence-electron chi connectivity index (χ0n) is 14.3. The number of nitrogens with two attached hydrogens (primary N) is 1. The smallest absolute Gasteiger partial charge is 0.0506 e. The molecule has 2 N–H and O–H groups in total. The van der Waals surface area contributed by atoms with Crippen molar-refractivity contribution in [3.63, 3.8) is 0 Å². The first kappa shape index (κ1) is 17.2. The van der Waals surface area contributed by atoms with Crippen molar-refractivity contribution < 1.29 is 4.74 Å². The summed E-state index contributed by atoms with van der Waals surface area (Å²) in [6.07, 6.45) is 4.95. The normalized spacial score (nSPS) is 27.4. The molecule has 2 saturated heterocycles. The van der Waals surface area contributed by atoms with Crippen molar-refractivity contribution in [1.29, 1.82) is 0 Å². The minimum atomic E-state index is 0.213. The minimum Gasteiger partial charge on any atom is -0.381 e. The summed E-state index contributed by atoms with van der Waals surface area (Å²) in [6, 6.07) is 0. The van der Waals surface area contributed by atoms with E-state index in [1.165, 1.54) is 45.3 Å². The Balaban J connectivity index is 1.86. The molecule has 0 spiro atoms. The quantitative estimate of drug-likeness (QED) is 0.812. The number of ether oxygens (including phenoxy) is 1. The van der Waals surface area contributed by atoms with Crippen molar-refractivity contribution in [2.45, 2.75) is 45.1 Å². The summed E-state index contributed by atoms with van der Waals surface area (Å²) >= 11 is 0. The van der Waals surface area contributed by atoms with Crippen LogP contribution in [0, 0.1) is 11.8 Å². The average Bonchev–Trinajstić information content (AvgIpc) is 2.48. The van der Waals surface area contributed by atoms with Crippen LogP contribution in [0.5, 0.6) is 0 Å². The van der Waals surface area contributed by atoms with Gasteiger partial charge in [-0.3, -0.25) is 4.90 Å². The Kier molecular flexibility index (Phi) is 6.48. The summed E-state index contributed by atoms with van der Waals surface area (Å²) in [4.78, 5) is 5.16. The second-order valence-corrected chi connectivity index (χ2v) is 7.59. The molecule has 0 bridgehead atoms. The molecule has 1 atom stereocenters. The number of rotatable bonds is 6. The van der Waals surface area contributed by atoms with E-state index in [4.69, 9.17) is 10.5 Å². The van der Waals surface area contributed by atoms with Crippen LogP contribution < -0.4 is 5.73 Å². The van der Waals surface area contributed by atoms with Crippen LogP contribution in [0.2, 0.25) is 0 Å². The van der Waals surface area contributed by atoms with Gasteiger partial charge in [0.1, 0.15) is 0 Å². The number of hydrogen-bond donors (Lipinski definition) is 1. The van der Waals surface area contributed by atoms with Crippen molar-refractivity contribution in [1.82, 2.24) is 9.80 Å². The van der Waals surface area contributed by atoms with E-state index in [0.717, 1.165) is 32.2 Å². The third-order valence-electron chi connectivity index (χ3n) is 5.39. The molecule has 0 amide bonds. The highest BCUT2D eigenvalue weighted by molar-refractivity contribution is 4.96. The van der Waals surface area contributed by atoms with Gasteiger partial charge in [0.15, 0.2) is 0 Å². The Morgan fingerprint density at radius 2 is 2.05 bits per heavy atom. The summed E-state index contributed by atoms with van der Waals surface area (Å²) in [7, 11) is 2.28. The van der Waals surface area contributed by atoms with Crippen LogP contribution in [0.15, 0.2) is 0 Å². The van der Waals surface area contributed by atoms with Crippen LogP contribution in [0.1, 0.15) is 39.5 Å². The van der Waals surface area contributed by atoms with E-state index < -0.39 is 0 Å². The van der Waals surface area contributed by atoms with Crippen molar-refractivity contribution in [3.05, 3.63) is 0 Å². The lowest BCUT2D eigenvalue weighted by Gasteiger charge is -2.48. The molecule has 0 radical (unpaired) electrons. The Labute approximate surface area is 131 Å². The number of nitrogens with zero attached hydrogens (tertiary/aromatic N) is 2. The first-order valence-electron chi connectivity index (χ1n) is 8.77. The van der Waals surface area contributed by atoms with Crippen molar-refractivity contribution in [2.24, 2.45) is 17.6 Å². The van der Waals surface area contributed by atoms with E-state index in [-0.39, 0.29) is 5.54 Å². The van der Waals surface area contributed by atoms with Gasteiger partial charge in [0, 0.05) is 31.8 Å². The summed E-state index contributed by atoms with van der Waals surface area (Å²) in [5.41, 5.74) is 6.41. The van der Waals surface area contributed by atoms with E-state index in [1.807, 2.05) is 0 Å². The fourth-order valence-corrected chi connectivity index (χ4v) is 3.94. The Morgan fingerprint density at radius 1 is 1.33 bits per heavy atom. The molecule has 2 aliphatic rings. The predicted molar refractivity (Wildman–Crippen MR) is 88.5 cm³/mol. The van der Waals surface area contributed by atoms with E-state index in [1.54, 1.807) is 0 Å². The Bertz CT molecular complexity index is 294. The molecule has 21 heavy (non-hydrogen) atoms. The lowest BCUT2D eigenvalue weighted by Crippen LogP contribution is -2.59. The van der Waals surface area contributed by atoms with Gasteiger partial charge < -0.3 is 15.4 Å². The number of piperidine rings is 1. The van der Waals surface area contributed by atoms with Gasteiger partial charge in [0.2, 0.25) is 0 Å². The minimum absolute atomic E-state index is 0.213. The van der Waals surface area contributed by atoms with Gasteiger partial charge in [-0.05, 0) is 57.7 Å². The highest BCUT2D eigenvalue weighted by Gasteiger charge is 2.37. The van der Waals surface area contributed by atoms with Crippen LogP contribution in [0.4, 0.5) is 0 Å². The fraction of sp³-hybridized carbons (Fsp3) is 1.00. The molecule has 4 heteroatoms. The van der Waals surface area contributed by atoms with Gasteiger partial charge in [-0.25, -0.2) is 0 Å². The van der Waals surface area contributed by atoms with Crippen LogP contribution in [-0.4, -0.2) is 68.3 Å². The van der Waals surface area contributed by atoms with E-state index in [0.29, 0.717) is 5.92 Å². The van der Waals surface area contributed by atoms with Crippen LogP contribution in [0.3, 0.4) is 0 Å². The molecular weight excluding hydrogens is 262 g/mol. The van der Waals surface area contributed by atoms with E-state index in [2.05, 4.69) is 30.7 Å². The van der Waals surface area contributed by atoms with Gasteiger partial charge in [-0.15, -0.1) is 0 Å². The van der Waals surface area contributed by atoms with Gasteiger partial charge in [0.25, 0.3) is 0 Å². The number of likely N-dealkylation sites (N-methyl/N-ethyl adjacent to an activating group) is 1. The zero-order chi connectivity index (χ0) is 15.3. The summed E-state index contributed by atoms with van der Waals surface area (Å²) < 4.78 is 5.63. The maximum Gasteiger partial charge on any atom is 0.0506 e. The lowest BCUT2D eigenvalue weighted by molar-refractivity contribution is -0.00211. The largest absolute Gasteiger partial charge is 0.381 e. The summed E-state index contributed by atoms with van der Waals surface area (Å²) in [5.74, 6) is 1.45. The van der Waals surface area contributed by atoms with E-state index >= 15 is 0 Å². The van der Waals surface area contributed by atoms with Crippen molar-refractivity contribution >= 4 is 0 Å². The Hall–Kier alpha value is -0.160. The van der Waals surface area contributed by atoms with Crippen LogP contribution in [0.25, 0.3) is 0 Å². The predicted octanol–water partition coefficient (Wildman–Crippen LogP) is 1.79. The molecule has 2 rings (SSSR count). The SMILES string of the molecule is CC(C)CN1CCC(CN)(N(C)CC2CCCOC2)CC1. The van der Waals surface area contributed by atoms with Crippen molar-refractivity contribution in [3.8, 4) is 0 Å². The second kappa shape index (κ2) is 7.91. The monoisotopic (exact) mass is 297 g/mol. The van der Waals surface area contributed by atoms with Crippen LogP contribution >= 0.6 is 0 Å². The molecule has 0 aromatic carbocycles. The van der Waals surface area contributed by atoms with Gasteiger partial charge in [-0.2, -0.15) is 0 Å². The molecule has 124 valence electrons. The molecule has 1 unspecified atom stereocenters. The number of hydrogen-bond acceptors (Lipinski definition) is 4. The van der Waals surface area contributed by atoms with Gasteiger partial charge in [-0.1, -0.05) is 13.8 Å².